The molecule has 0 spiro atoms. The summed E-state index contributed by atoms with van der Waals surface area (Å²) in [5, 5.41) is 20.3. The van der Waals surface area contributed by atoms with Crippen molar-refractivity contribution in [2.75, 3.05) is 7.11 Å². The summed E-state index contributed by atoms with van der Waals surface area (Å²) in [5.74, 6) is -0.803. The number of benzene rings is 1. The molecular weight excluding hydrogens is 248 g/mol. The second-order valence-electron chi connectivity index (χ2n) is 4.07. The van der Waals surface area contributed by atoms with Crippen LogP contribution in [0.5, 0.6) is 5.75 Å². The predicted molar refractivity (Wildman–Crippen MR) is 65.9 cm³/mol. The van der Waals surface area contributed by atoms with Crippen molar-refractivity contribution in [2.24, 2.45) is 7.05 Å². The number of hydrogen-bond donors (Lipinski definition) is 1. The van der Waals surface area contributed by atoms with Crippen molar-refractivity contribution in [1.29, 1.82) is 0 Å². The summed E-state index contributed by atoms with van der Waals surface area (Å²) >= 11 is 0. The molecule has 19 heavy (non-hydrogen) atoms. The molecule has 100 valence electrons. The van der Waals surface area contributed by atoms with E-state index in [4.69, 9.17) is 4.74 Å². The molecule has 1 N–H and O–H groups in total. The van der Waals surface area contributed by atoms with Gasteiger partial charge in [-0.1, -0.05) is 18.2 Å². The summed E-state index contributed by atoms with van der Waals surface area (Å²) < 4.78 is 6.59. The van der Waals surface area contributed by atoms with E-state index in [1.807, 2.05) is 18.2 Å². The van der Waals surface area contributed by atoms with Crippen LogP contribution in [0.1, 0.15) is 17.3 Å². The monoisotopic (exact) mass is 262 g/mol. The van der Waals surface area contributed by atoms with Gasteiger partial charge in [-0.15, -0.1) is 5.10 Å². The van der Waals surface area contributed by atoms with Gasteiger partial charge in [0.15, 0.2) is 5.82 Å². The van der Waals surface area contributed by atoms with E-state index in [1.165, 1.54) is 4.68 Å². The first-order valence-corrected chi connectivity index (χ1v) is 5.70. The van der Waals surface area contributed by atoms with Gasteiger partial charge in [0.2, 0.25) is 0 Å². The van der Waals surface area contributed by atoms with Crippen LogP contribution in [-0.4, -0.2) is 38.4 Å². The fourth-order valence-electron chi connectivity index (χ4n) is 1.91. The zero-order valence-electron chi connectivity index (χ0n) is 10.6. The summed E-state index contributed by atoms with van der Waals surface area (Å²) in [5.41, 5.74) is 0.806. The Morgan fingerprint density at radius 1 is 1.47 bits per heavy atom. The molecule has 1 heterocycles. The van der Waals surface area contributed by atoms with Crippen LogP contribution >= 0.6 is 0 Å². The number of carbonyl (C=O) groups is 1. The van der Waals surface area contributed by atoms with Crippen LogP contribution in [0.15, 0.2) is 24.3 Å². The number of carboxylic acid groups (broad SMARTS) is 1. The first-order valence-electron chi connectivity index (χ1n) is 5.70. The van der Waals surface area contributed by atoms with Gasteiger partial charge in [0.05, 0.1) is 7.11 Å². The molecule has 0 aliphatic rings. The Balaban J connectivity index is 2.32. The molecule has 0 saturated heterocycles. The highest BCUT2D eigenvalue weighted by molar-refractivity contribution is 5.75. The lowest BCUT2D eigenvalue weighted by molar-refractivity contribution is -0.139. The Labute approximate surface area is 109 Å². The average molecular weight is 262 g/mol. The van der Waals surface area contributed by atoms with Gasteiger partial charge in [-0.25, -0.2) is 4.68 Å². The summed E-state index contributed by atoms with van der Waals surface area (Å²) in [7, 11) is 3.17. The van der Waals surface area contributed by atoms with Crippen molar-refractivity contribution in [1.82, 2.24) is 20.2 Å². The van der Waals surface area contributed by atoms with Crippen molar-refractivity contribution in [3.63, 3.8) is 0 Å². The Morgan fingerprint density at radius 3 is 2.79 bits per heavy atom. The van der Waals surface area contributed by atoms with Gasteiger partial charge in [0.1, 0.15) is 11.7 Å². The Bertz CT molecular complexity index is 582. The molecule has 1 unspecified atom stereocenters. The molecule has 1 atom stereocenters. The molecule has 0 saturated carbocycles. The van der Waals surface area contributed by atoms with Gasteiger partial charge >= 0.3 is 5.97 Å². The third kappa shape index (κ3) is 2.70. The second kappa shape index (κ2) is 5.47. The highest BCUT2D eigenvalue weighted by atomic mass is 16.5. The van der Waals surface area contributed by atoms with Crippen LogP contribution < -0.4 is 4.74 Å². The molecule has 2 aromatic rings. The molecule has 0 fully saturated rings. The summed E-state index contributed by atoms with van der Waals surface area (Å²) in [6, 6.07) is 7.30. The van der Waals surface area contributed by atoms with Crippen LogP contribution in [0, 0.1) is 0 Å². The Morgan fingerprint density at radius 2 is 2.21 bits per heavy atom. The van der Waals surface area contributed by atoms with Crippen molar-refractivity contribution < 1.29 is 14.6 Å². The zero-order chi connectivity index (χ0) is 13.8. The number of para-hydroxylation sites is 1. The van der Waals surface area contributed by atoms with E-state index >= 15 is 0 Å². The SMILES string of the molecule is COc1ccccc1CC(C(=O)O)c1nnnn1C. The molecule has 2 rings (SSSR count). The Hall–Kier alpha value is -2.44. The number of carboxylic acids is 1. The van der Waals surface area contributed by atoms with Crippen molar-refractivity contribution in [2.45, 2.75) is 12.3 Å². The molecule has 7 nitrogen and oxygen atoms in total. The van der Waals surface area contributed by atoms with Crippen LogP contribution in [0.25, 0.3) is 0 Å². The van der Waals surface area contributed by atoms with E-state index in [0.717, 1.165) is 5.56 Å². The van der Waals surface area contributed by atoms with Crippen LogP contribution in [0.4, 0.5) is 0 Å². The number of aromatic nitrogens is 4. The lowest BCUT2D eigenvalue weighted by Crippen LogP contribution is -2.19. The fourth-order valence-corrected chi connectivity index (χ4v) is 1.91. The largest absolute Gasteiger partial charge is 0.496 e. The van der Waals surface area contributed by atoms with Crippen molar-refractivity contribution in [3.05, 3.63) is 35.7 Å². The molecule has 1 aromatic carbocycles. The van der Waals surface area contributed by atoms with E-state index in [1.54, 1.807) is 20.2 Å². The van der Waals surface area contributed by atoms with E-state index in [0.29, 0.717) is 11.6 Å². The van der Waals surface area contributed by atoms with E-state index in [2.05, 4.69) is 15.5 Å². The highest BCUT2D eigenvalue weighted by Gasteiger charge is 2.26. The van der Waals surface area contributed by atoms with Gasteiger partial charge in [0, 0.05) is 7.05 Å². The average Bonchev–Trinajstić information content (AvgIpc) is 2.82. The molecular formula is C12H14N4O3. The third-order valence-electron chi connectivity index (χ3n) is 2.88. The third-order valence-corrected chi connectivity index (χ3v) is 2.88. The molecule has 0 aliphatic heterocycles. The van der Waals surface area contributed by atoms with Gasteiger partial charge < -0.3 is 9.84 Å². The van der Waals surface area contributed by atoms with Gasteiger partial charge in [-0.3, -0.25) is 4.79 Å². The maximum absolute atomic E-state index is 11.4. The topological polar surface area (TPSA) is 90.1 Å². The first-order chi connectivity index (χ1) is 9.13. The second-order valence-corrected chi connectivity index (χ2v) is 4.07. The molecule has 0 bridgehead atoms. The summed E-state index contributed by atoms with van der Waals surface area (Å²) in [4.78, 5) is 11.4. The number of rotatable bonds is 5. The minimum Gasteiger partial charge on any atom is -0.496 e. The van der Waals surface area contributed by atoms with Crippen LogP contribution in [0.3, 0.4) is 0 Å². The normalized spacial score (nSPS) is 12.1. The van der Waals surface area contributed by atoms with Gasteiger partial charge in [-0.2, -0.15) is 0 Å². The van der Waals surface area contributed by atoms with E-state index in [9.17, 15) is 9.90 Å². The minimum atomic E-state index is -0.969. The van der Waals surface area contributed by atoms with E-state index in [-0.39, 0.29) is 6.42 Å². The van der Waals surface area contributed by atoms with Crippen LogP contribution in [-0.2, 0) is 18.3 Å². The maximum atomic E-state index is 11.4. The maximum Gasteiger partial charge on any atom is 0.314 e. The predicted octanol–water partition coefficient (Wildman–Crippen LogP) is 0.630. The molecule has 1 aromatic heterocycles. The standard InChI is InChI=1S/C12H14N4O3/c1-16-11(13-14-15-16)9(12(17)18)7-8-5-3-4-6-10(8)19-2/h3-6,9H,7H2,1-2H3,(H,17,18). The molecule has 0 aliphatic carbocycles. The molecule has 0 amide bonds. The Kier molecular flexibility index (Phi) is 3.74. The number of methoxy groups -OCH3 is 1. The lowest BCUT2D eigenvalue weighted by Gasteiger charge is -2.13. The number of tetrazole rings is 1. The van der Waals surface area contributed by atoms with Crippen LogP contribution in [0.2, 0.25) is 0 Å². The first kappa shape index (κ1) is 13.0. The number of hydrogen-bond acceptors (Lipinski definition) is 5. The van der Waals surface area contributed by atoms with Crippen molar-refractivity contribution >= 4 is 5.97 Å². The number of ether oxygens (including phenoxy) is 1. The highest BCUT2D eigenvalue weighted by Crippen LogP contribution is 2.25. The quantitative estimate of drug-likeness (QED) is 0.850. The fraction of sp³-hybridized carbons (Fsp3) is 0.333. The van der Waals surface area contributed by atoms with Gasteiger partial charge in [0.25, 0.3) is 0 Å². The summed E-state index contributed by atoms with van der Waals surface area (Å²) in [6.45, 7) is 0. The van der Waals surface area contributed by atoms with Gasteiger partial charge in [-0.05, 0) is 28.5 Å². The lowest BCUT2D eigenvalue weighted by atomic mass is 9.98. The zero-order valence-corrected chi connectivity index (χ0v) is 10.6. The molecule has 7 heteroatoms. The summed E-state index contributed by atoms with van der Waals surface area (Å²) in [6.07, 6.45) is 0.271. The number of aryl methyl sites for hydroxylation is 1. The number of aliphatic carboxylic acids is 1. The van der Waals surface area contributed by atoms with E-state index < -0.39 is 11.9 Å². The number of nitrogens with zero attached hydrogens (tertiary/aromatic N) is 4. The molecule has 0 radical (unpaired) electrons. The van der Waals surface area contributed by atoms with Crippen molar-refractivity contribution in [3.8, 4) is 5.75 Å². The minimum absolute atomic E-state index is 0.271. The smallest absolute Gasteiger partial charge is 0.314 e.